The molecule has 0 bridgehead atoms. The zero-order chi connectivity index (χ0) is 27.0. The molecule has 0 unspecified atom stereocenters. The summed E-state index contributed by atoms with van der Waals surface area (Å²) in [6, 6.07) is 7.74. The maximum atomic E-state index is 13.7. The maximum Gasteiger partial charge on any atom is 0.287 e. The molecule has 9 heteroatoms. The zero-order valence-corrected chi connectivity index (χ0v) is 22.1. The van der Waals surface area contributed by atoms with Crippen LogP contribution in [0.4, 0.5) is 14.5 Å². The summed E-state index contributed by atoms with van der Waals surface area (Å²) in [4.78, 5) is 16.8. The first-order valence-corrected chi connectivity index (χ1v) is 12.8. The van der Waals surface area contributed by atoms with E-state index in [4.69, 9.17) is 9.84 Å². The Morgan fingerprint density at radius 3 is 2.51 bits per heavy atom. The Morgan fingerprint density at radius 2 is 1.89 bits per heavy atom. The number of carbonyl (C=O) groups excluding carboxylic acids is 1. The van der Waals surface area contributed by atoms with Crippen LogP contribution >= 0.6 is 0 Å². The topological polar surface area (TPSA) is 89.3 Å². The number of anilines is 1. The highest BCUT2D eigenvalue weighted by Gasteiger charge is 2.28. The molecule has 1 saturated carbocycles. The Bertz CT molecular complexity index is 1250. The molecule has 0 atom stereocenters. The third kappa shape index (κ3) is 6.63. The first kappa shape index (κ1) is 27.0. The molecular weight excluding hydrogens is 478 g/mol. The number of carbonyl (C=O) groups is 1. The summed E-state index contributed by atoms with van der Waals surface area (Å²) < 4.78 is 35.4. The Morgan fingerprint density at radius 1 is 1.19 bits per heavy atom. The fraction of sp³-hybridized carbons (Fsp3) is 0.536. The van der Waals surface area contributed by atoms with Gasteiger partial charge in [0.15, 0.2) is 0 Å². The largest absolute Gasteiger partial charge is 0.488 e. The lowest BCUT2D eigenvalue weighted by Gasteiger charge is -2.30. The van der Waals surface area contributed by atoms with E-state index in [-0.39, 0.29) is 12.3 Å². The van der Waals surface area contributed by atoms with Crippen LogP contribution in [-0.4, -0.2) is 38.0 Å². The molecule has 2 aromatic heterocycles. The first-order valence-electron chi connectivity index (χ1n) is 12.8. The third-order valence-corrected chi connectivity index (χ3v) is 6.94. The molecule has 1 amide bonds. The second-order valence-corrected chi connectivity index (χ2v) is 11.2. The van der Waals surface area contributed by atoms with E-state index in [1.165, 1.54) is 31.0 Å². The number of hydrogen-bond donors (Lipinski definition) is 2. The van der Waals surface area contributed by atoms with Gasteiger partial charge in [-0.3, -0.25) is 9.48 Å². The highest BCUT2D eigenvalue weighted by atomic mass is 19.3. The second kappa shape index (κ2) is 10.4. The minimum atomic E-state index is -3.17. The van der Waals surface area contributed by atoms with Crippen LogP contribution in [0.5, 0.6) is 5.75 Å². The standard InChI is InChI=1S/C28H36F2N4O3/c1-17(2)18-9-11-20(12-10-18)34-15-19-13-23(24(14-22(19)33-34)37-16-27(3,4)36)32-26(35)21-7-6-8-25(31-21)28(5,29)30/h6-8,13-15,17-18,20,36H,9-12,16H2,1-5H3,(H,32,35)/t18-,20-. The molecule has 3 aromatic rings. The molecule has 1 aliphatic carbocycles. The lowest BCUT2D eigenvalue weighted by atomic mass is 9.80. The number of amides is 1. The molecule has 4 rings (SSSR count). The summed E-state index contributed by atoms with van der Waals surface area (Å²) >= 11 is 0. The van der Waals surface area contributed by atoms with Crippen LogP contribution in [0.15, 0.2) is 36.5 Å². The highest BCUT2D eigenvalue weighted by Crippen LogP contribution is 2.37. The number of pyridine rings is 1. The molecular formula is C28H36F2N4O3. The van der Waals surface area contributed by atoms with E-state index < -0.39 is 23.1 Å². The molecule has 0 saturated heterocycles. The van der Waals surface area contributed by atoms with Crippen molar-refractivity contribution in [3.8, 4) is 5.75 Å². The lowest BCUT2D eigenvalue weighted by molar-refractivity contribution is 0.0126. The number of halogens is 2. The van der Waals surface area contributed by atoms with Gasteiger partial charge in [-0.2, -0.15) is 13.9 Å². The number of aromatic nitrogens is 3. The number of ether oxygens (including phenoxy) is 1. The predicted molar refractivity (Wildman–Crippen MR) is 139 cm³/mol. The molecule has 0 aliphatic heterocycles. The van der Waals surface area contributed by atoms with Gasteiger partial charge in [-0.25, -0.2) is 4.98 Å². The maximum absolute atomic E-state index is 13.7. The van der Waals surface area contributed by atoms with Gasteiger partial charge in [-0.15, -0.1) is 0 Å². The van der Waals surface area contributed by atoms with Crippen molar-refractivity contribution in [3.63, 3.8) is 0 Å². The second-order valence-electron chi connectivity index (χ2n) is 11.2. The molecule has 7 nitrogen and oxygen atoms in total. The summed E-state index contributed by atoms with van der Waals surface area (Å²) in [6.45, 7) is 8.51. The monoisotopic (exact) mass is 514 g/mol. The van der Waals surface area contributed by atoms with E-state index in [2.05, 4.69) is 24.1 Å². The van der Waals surface area contributed by atoms with Crippen molar-refractivity contribution in [2.24, 2.45) is 11.8 Å². The van der Waals surface area contributed by atoms with Gasteiger partial charge in [0, 0.05) is 24.6 Å². The Balaban J connectivity index is 1.62. The van der Waals surface area contributed by atoms with Crippen LogP contribution in [0.25, 0.3) is 10.9 Å². The average molecular weight is 515 g/mol. The van der Waals surface area contributed by atoms with Crippen LogP contribution < -0.4 is 10.1 Å². The van der Waals surface area contributed by atoms with Crippen molar-refractivity contribution in [1.82, 2.24) is 14.8 Å². The van der Waals surface area contributed by atoms with E-state index in [1.807, 2.05) is 10.9 Å². The molecule has 1 aromatic carbocycles. The van der Waals surface area contributed by atoms with Crippen LogP contribution in [0.3, 0.4) is 0 Å². The van der Waals surface area contributed by atoms with Gasteiger partial charge < -0.3 is 15.2 Å². The van der Waals surface area contributed by atoms with Crippen molar-refractivity contribution in [2.45, 2.75) is 77.9 Å². The van der Waals surface area contributed by atoms with Gasteiger partial charge >= 0.3 is 0 Å². The van der Waals surface area contributed by atoms with Crippen molar-refractivity contribution in [1.29, 1.82) is 0 Å². The third-order valence-electron chi connectivity index (χ3n) is 6.94. The summed E-state index contributed by atoms with van der Waals surface area (Å²) in [7, 11) is 0. The number of hydrogen-bond acceptors (Lipinski definition) is 5. The van der Waals surface area contributed by atoms with Gasteiger partial charge in [0.2, 0.25) is 0 Å². The van der Waals surface area contributed by atoms with E-state index in [0.29, 0.717) is 28.9 Å². The highest BCUT2D eigenvalue weighted by molar-refractivity contribution is 6.05. The van der Waals surface area contributed by atoms with Gasteiger partial charge in [-0.05, 0) is 69.6 Å². The minimum Gasteiger partial charge on any atom is -0.488 e. The number of fused-ring (bicyclic) bond motifs is 1. The SMILES string of the molecule is CC(C)[C@H]1CC[C@H](n2cc3cc(NC(=O)c4cccc(C(C)(F)F)n4)c(OCC(C)(C)O)cc3n2)CC1. The Labute approximate surface area is 216 Å². The predicted octanol–water partition coefficient (Wildman–Crippen LogP) is 6.33. The number of benzene rings is 1. The van der Waals surface area contributed by atoms with Gasteiger partial charge in [0.25, 0.3) is 11.8 Å². The number of nitrogens with zero attached hydrogens (tertiary/aromatic N) is 3. The van der Waals surface area contributed by atoms with Crippen LogP contribution in [-0.2, 0) is 5.92 Å². The van der Waals surface area contributed by atoms with E-state index in [9.17, 15) is 18.7 Å². The molecule has 0 spiro atoms. The van der Waals surface area contributed by atoms with Crippen molar-refractivity contribution in [3.05, 3.63) is 47.9 Å². The van der Waals surface area contributed by atoms with Crippen molar-refractivity contribution < 1.29 is 23.4 Å². The molecule has 2 heterocycles. The van der Waals surface area contributed by atoms with Crippen LogP contribution in [0.1, 0.15) is 82.5 Å². The molecule has 1 aliphatic rings. The molecule has 1 fully saturated rings. The summed E-state index contributed by atoms with van der Waals surface area (Å²) in [5, 5.41) is 18.5. The summed E-state index contributed by atoms with van der Waals surface area (Å²) in [5.74, 6) is -2.06. The quantitative estimate of drug-likeness (QED) is 0.367. The average Bonchev–Trinajstić information content (AvgIpc) is 3.24. The van der Waals surface area contributed by atoms with Crippen molar-refractivity contribution in [2.75, 3.05) is 11.9 Å². The van der Waals surface area contributed by atoms with E-state index in [0.717, 1.165) is 31.1 Å². The molecule has 200 valence electrons. The number of alkyl halides is 2. The molecule has 37 heavy (non-hydrogen) atoms. The normalized spacial score (nSPS) is 18.8. The lowest BCUT2D eigenvalue weighted by Crippen LogP contribution is -2.28. The number of nitrogens with one attached hydrogen (secondary N) is 1. The molecule has 2 N–H and O–H groups in total. The van der Waals surface area contributed by atoms with Crippen molar-refractivity contribution >= 4 is 22.5 Å². The van der Waals surface area contributed by atoms with Crippen LogP contribution in [0, 0.1) is 11.8 Å². The van der Waals surface area contributed by atoms with Gasteiger partial charge in [0.1, 0.15) is 23.7 Å². The van der Waals surface area contributed by atoms with E-state index >= 15 is 0 Å². The Hall–Kier alpha value is -3.07. The fourth-order valence-corrected chi connectivity index (χ4v) is 4.75. The Kier molecular flexibility index (Phi) is 7.55. The summed E-state index contributed by atoms with van der Waals surface area (Å²) in [5.41, 5.74) is -0.666. The van der Waals surface area contributed by atoms with Crippen LogP contribution in [0.2, 0.25) is 0 Å². The first-order chi connectivity index (χ1) is 17.3. The minimum absolute atomic E-state index is 0.0168. The molecule has 0 radical (unpaired) electrons. The van der Waals surface area contributed by atoms with E-state index in [1.54, 1.807) is 26.0 Å². The zero-order valence-electron chi connectivity index (χ0n) is 22.1. The van der Waals surface area contributed by atoms with Gasteiger partial charge in [-0.1, -0.05) is 19.9 Å². The number of rotatable bonds is 8. The smallest absolute Gasteiger partial charge is 0.287 e. The van der Waals surface area contributed by atoms with Gasteiger partial charge in [0.05, 0.1) is 22.8 Å². The summed E-state index contributed by atoms with van der Waals surface area (Å²) in [6.07, 6.45) is 6.44. The number of aliphatic hydroxyl groups is 1. The fourth-order valence-electron chi connectivity index (χ4n) is 4.75.